The third-order valence-corrected chi connectivity index (χ3v) is 2.40. The molecule has 78 valence electrons. The molecule has 0 aromatic carbocycles. The molecule has 1 aliphatic rings. The van der Waals surface area contributed by atoms with Gasteiger partial charge in [-0.05, 0) is 18.5 Å². The highest BCUT2D eigenvalue weighted by Crippen LogP contribution is 2.28. The van der Waals surface area contributed by atoms with Gasteiger partial charge in [-0.25, -0.2) is 4.98 Å². The molecule has 1 saturated heterocycles. The van der Waals surface area contributed by atoms with E-state index in [1.165, 1.54) is 6.20 Å². The number of β-amino-alcohol motifs (C(OH)–C–C–N with tert-alkyl or cyclic N) is 1. The maximum atomic E-state index is 9.58. The lowest BCUT2D eigenvalue weighted by molar-refractivity contribution is 0.0305. The fourth-order valence-electron chi connectivity index (χ4n) is 1.60. The maximum Gasteiger partial charge on any atom is 0.224 e. The summed E-state index contributed by atoms with van der Waals surface area (Å²) in [4.78, 5) is 9.51. The van der Waals surface area contributed by atoms with Crippen LogP contribution in [0.2, 0.25) is 5.28 Å². The Hall–Kier alpha value is -1.38. The first-order valence-electron chi connectivity index (χ1n) is 4.42. The van der Waals surface area contributed by atoms with Crippen molar-refractivity contribution in [2.45, 2.75) is 12.5 Å². The second kappa shape index (κ2) is 3.33. The van der Waals surface area contributed by atoms with Crippen molar-refractivity contribution in [3.63, 3.8) is 0 Å². The average Bonchev–Trinajstić information content (AvgIpc) is 2.14. The van der Waals surface area contributed by atoms with Gasteiger partial charge >= 0.3 is 0 Å². The van der Waals surface area contributed by atoms with Crippen LogP contribution >= 0.6 is 11.6 Å². The number of hydrogen-bond donors (Lipinski definition) is 1. The van der Waals surface area contributed by atoms with Crippen LogP contribution in [0.15, 0.2) is 6.20 Å². The Morgan fingerprint density at radius 1 is 1.67 bits per heavy atom. The predicted molar refractivity (Wildman–Crippen MR) is 54.6 cm³/mol. The molecule has 1 fully saturated rings. The van der Waals surface area contributed by atoms with Crippen LogP contribution in [0.4, 0.5) is 5.82 Å². The summed E-state index contributed by atoms with van der Waals surface area (Å²) in [5, 5.41) is 18.5. The van der Waals surface area contributed by atoms with Crippen molar-refractivity contribution >= 4 is 17.4 Å². The molecule has 5 nitrogen and oxygen atoms in total. The zero-order chi connectivity index (χ0) is 11.1. The van der Waals surface area contributed by atoms with Crippen molar-refractivity contribution in [2.24, 2.45) is 0 Å². The minimum Gasteiger partial charge on any atom is -0.386 e. The standard InChI is InChI=1S/C9H9ClN4O/c1-9(15)4-14(5-9)7-6(2-11)3-12-8(10)13-7/h3,15H,4-5H2,1H3. The molecule has 1 aliphatic heterocycles. The fraction of sp³-hybridized carbons (Fsp3) is 0.444. The van der Waals surface area contributed by atoms with Crippen molar-refractivity contribution in [3.05, 3.63) is 17.0 Å². The summed E-state index contributed by atoms with van der Waals surface area (Å²) in [6, 6.07) is 1.99. The quantitative estimate of drug-likeness (QED) is 0.707. The second-order valence-electron chi connectivity index (χ2n) is 3.84. The first kappa shape index (κ1) is 10.1. The van der Waals surface area contributed by atoms with Gasteiger partial charge in [-0.3, -0.25) is 0 Å². The Bertz CT molecular complexity index is 432. The molecule has 0 saturated carbocycles. The Balaban J connectivity index is 2.29. The van der Waals surface area contributed by atoms with E-state index in [2.05, 4.69) is 9.97 Å². The molecule has 0 amide bonds. The molecule has 0 spiro atoms. The third-order valence-electron chi connectivity index (χ3n) is 2.22. The maximum absolute atomic E-state index is 9.58. The van der Waals surface area contributed by atoms with Crippen molar-refractivity contribution < 1.29 is 5.11 Å². The Kier molecular flexibility index (Phi) is 2.25. The number of nitrogens with zero attached hydrogens (tertiary/aromatic N) is 4. The predicted octanol–water partition coefficient (Wildman–Crippen LogP) is 0.573. The van der Waals surface area contributed by atoms with E-state index in [9.17, 15) is 5.11 Å². The van der Waals surface area contributed by atoms with Gasteiger partial charge in [0.25, 0.3) is 0 Å². The molecule has 0 aliphatic carbocycles. The van der Waals surface area contributed by atoms with Crippen LogP contribution in [0.1, 0.15) is 12.5 Å². The highest BCUT2D eigenvalue weighted by molar-refractivity contribution is 6.28. The third kappa shape index (κ3) is 1.87. The molecular formula is C9H9ClN4O. The van der Waals surface area contributed by atoms with Crippen LogP contribution in [0.25, 0.3) is 0 Å². The van der Waals surface area contributed by atoms with Gasteiger partial charge in [0.15, 0.2) is 5.82 Å². The molecule has 0 bridgehead atoms. The number of anilines is 1. The van der Waals surface area contributed by atoms with E-state index in [1.54, 1.807) is 11.8 Å². The zero-order valence-electron chi connectivity index (χ0n) is 8.11. The van der Waals surface area contributed by atoms with Crippen LogP contribution in [-0.2, 0) is 0 Å². The number of nitriles is 1. The van der Waals surface area contributed by atoms with Gasteiger partial charge in [-0.2, -0.15) is 10.2 Å². The van der Waals surface area contributed by atoms with Crippen LogP contribution in [-0.4, -0.2) is 33.8 Å². The average molecular weight is 225 g/mol. The summed E-state index contributed by atoms with van der Waals surface area (Å²) in [6.45, 7) is 2.64. The molecule has 0 radical (unpaired) electrons. The lowest BCUT2D eigenvalue weighted by Gasteiger charge is -2.45. The van der Waals surface area contributed by atoms with Gasteiger partial charge in [0.1, 0.15) is 11.6 Å². The number of aromatic nitrogens is 2. The van der Waals surface area contributed by atoms with E-state index in [-0.39, 0.29) is 5.28 Å². The molecule has 2 heterocycles. The highest BCUT2D eigenvalue weighted by atomic mass is 35.5. The molecule has 0 atom stereocenters. The Labute approximate surface area is 91.9 Å². The van der Waals surface area contributed by atoms with Crippen LogP contribution in [0.3, 0.4) is 0 Å². The van der Waals surface area contributed by atoms with Gasteiger partial charge in [0.2, 0.25) is 5.28 Å². The lowest BCUT2D eigenvalue weighted by atomic mass is 9.97. The van der Waals surface area contributed by atoms with Gasteiger partial charge in [0, 0.05) is 13.1 Å². The summed E-state index contributed by atoms with van der Waals surface area (Å²) in [5.41, 5.74) is -0.334. The van der Waals surface area contributed by atoms with Crippen LogP contribution < -0.4 is 4.90 Å². The zero-order valence-corrected chi connectivity index (χ0v) is 8.86. The van der Waals surface area contributed by atoms with Gasteiger partial charge < -0.3 is 10.0 Å². The first-order valence-corrected chi connectivity index (χ1v) is 4.80. The van der Waals surface area contributed by atoms with Crippen molar-refractivity contribution in [2.75, 3.05) is 18.0 Å². The lowest BCUT2D eigenvalue weighted by Crippen LogP contribution is -2.60. The van der Waals surface area contributed by atoms with Crippen molar-refractivity contribution in [1.82, 2.24) is 9.97 Å². The Morgan fingerprint density at radius 3 is 2.87 bits per heavy atom. The topological polar surface area (TPSA) is 73.0 Å². The SMILES string of the molecule is CC1(O)CN(c2nc(Cl)ncc2C#N)C1. The van der Waals surface area contributed by atoms with E-state index in [0.29, 0.717) is 24.5 Å². The summed E-state index contributed by atoms with van der Waals surface area (Å²) >= 11 is 5.65. The summed E-state index contributed by atoms with van der Waals surface area (Å²) in [6.07, 6.45) is 1.39. The monoisotopic (exact) mass is 224 g/mol. The Morgan fingerprint density at radius 2 is 2.33 bits per heavy atom. The van der Waals surface area contributed by atoms with Crippen LogP contribution in [0.5, 0.6) is 0 Å². The molecular weight excluding hydrogens is 216 g/mol. The van der Waals surface area contributed by atoms with E-state index in [0.717, 1.165) is 0 Å². The molecule has 15 heavy (non-hydrogen) atoms. The molecule has 1 aromatic heterocycles. The summed E-state index contributed by atoms with van der Waals surface area (Å²) in [7, 11) is 0. The van der Waals surface area contributed by atoms with E-state index in [1.807, 2.05) is 6.07 Å². The molecule has 1 aromatic rings. The van der Waals surface area contributed by atoms with E-state index in [4.69, 9.17) is 16.9 Å². The first-order chi connectivity index (χ1) is 7.02. The number of rotatable bonds is 1. The molecule has 1 N–H and O–H groups in total. The van der Waals surface area contributed by atoms with Gasteiger partial charge in [-0.1, -0.05) is 0 Å². The van der Waals surface area contributed by atoms with Crippen LogP contribution in [0, 0.1) is 11.3 Å². The van der Waals surface area contributed by atoms with Crippen molar-refractivity contribution in [3.8, 4) is 6.07 Å². The minimum atomic E-state index is -0.704. The number of aliphatic hydroxyl groups is 1. The molecule has 2 rings (SSSR count). The van der Waals surface area contributed by atoms with Crippen molar-refractivity contribution in [1.29, 1.82) is 5.26 Å². The van der Waals surface area contributed by atoms with Gasteiger partial charge in [0.05, 0.1) is 11.8 Å². The van der Waals surface area contributed by atoms with E-state index < -0.39 is 5.60 Å². The highest BCUT2D eigenvalue weighted by Gasteiger charge is 2.38. The fourth-order valence-corrected chi connectivity index (χ4v) is 1.73. The van der Waals surface area contributed by atoms with Gasteiger partial charge in [-0.15, -0.1) is 0 Å². The molecule has 6 heteroatoms. The normalized spacial score (nSPS) is 18.1. The second-order valence-corrected chi connectivity index (χ2v) is 4.18. The number of hydrogen-bond acceptors (Lipinski definition) is 5. The smallest absolute Gasteiger partial charge is 0.224 e. The van der Waals surface area contributed by atoms with E-state index >= 15 is 0 Å². The summed E-state index contributed by atoms with van der Waals surface area (Å²) < 4.78 is 0. The summed E-state index contributed by atoms with van der Waals surface area (Å²) in [5.74, 6) is 0.490. The molecule has 0 unspecified atom stereocenters. The largest absolute Gasteiger partial charge is 0.386 e. The minimum absolute atomic E-state index is 0.107. The number of halogens is 1.